The van der Waals surface area contributed by atoms with Crippen LogP contribution in [0.3, 0.4) is 0 Å². The largest absolute Gasteiger partial charge is 0.400 e. The van der Waals surface area contributed by atoms with Crippen molar-refractivity contribution >= 4 is 40.7 Å². The van der Waals surface area contributed by atoms with Gasteiger partial charge in [0.2, 0.25) is 0 Å². The fourth-order valence-electron chi connectivity index (χ4n) is 5.06. The number of aryl methyl sites for hydroxylation is 3. The molecule has 0 radical (unpaired) electrons. The lowest BCUT2D eigenvalue weighted by Gasteiger charge is -2.31. The Morgan fingerprint density at radius 2 is 1.85 bits per heavy atom. The van der Waals surface area contributed by atoms with Crippen LogP contribution >= 0.6 is 23.2 Å². The Hall–Kier alpha value is -3.48. The van der Waals surface area contributed by atoms with Crippen LogP contribution in [0.15, 0.2) is 41.4 Å². The highest BCUT2D eigenvalue weighted by atomic mass is 35.5. The Kier molecular flexibility index (Phi) is 7.60. The van der Waals surface area contributed by atoms with Crippen LogP contribution in [0.1, 0.15) is 44.9 Å². The van der Waals surface area contributed by atoms with Gasteiger partial charge in [-0.25, -0.2) is 5.06 Å². The van der Waals surface area contributed by atoms with Gasteiger partial charge >= 0.3 is 6.18 Å². The number of aliphatic imine (C=N–C) groups is 1. The van der Waals surface area contributed by atoms with Crippen LogP contribution in [0.4, 0.5) is 13.2 Å². The molecule has 9 nitrogen and oxygen atoms in total. The molecule has 41 heavy (non-hydrogen) atoms. The molecule has 3 aromatic rings. The fraction of sp³-hybridized carbons (Fsp3) is 0.370. The summed E-state index contributed by atoms with van der Waals surface area (Å²) in [5.41, 5.74) is 0.389. The molecule has 2 aliphatic heterocycles. The van der Waals surface area contributed by atoms with E-state index in [9.17, 15) is 22.8 Å². The molecular formula is C27H25Cl2F3N6O3. The summed E-state index contributed by atoms with van der Waals surface area (Å²) in [7, 11) is 1.67. The first-order valence-corrected chi connectivity index (χ1v) is 13.3. The summed E-state index contributed by atoms with van der Waals surface area (Å²) in [4.78, 5) is 37.0. The molecule has 3 heterocycles. The number of hydrogen-bond acceptors (Lipinski definition) is 6. The second-order valence-electron chi connectivity index (χ2n) is 10.1. The monoisotopic (exact) mass is 608 g/mol. The zero-order chi connectivity index (χ0) is 29.7. The number of hydrogen-bond donors (Lipinski definition) is 1. The van der Waals surface area contributed by atoms with Gasteiger partial charge in [0.1, 0.15) is 23.8 Å². The van der Waals surface area contributed by atoms with Crippen LogP contribution < -0.4 is 5.32 Å². The first kappa shape index (κ1) is 29.0. The summed E-state index contributed by atoms with van der Waals surface area (Å²) in [5.74, 6) is -0.942. The van der Waals surface area contributed by atoms with Crippen molar-refractivity contribution in [3.8, 4) is 0 Å². The van der Waals surface area contributed by atoms with Crippen molar-refractivity contribution in [2.45, 2.75) is 44.4 Å². The molecule has 2 aromatic carbocycles. The predicted molar refractivity (Wildman–Crippen MR) is 145 cm³/mol. The van der Waals surface area contributed by atoms with E-state index in [0.717, 1.165) is 5.06 Å². The minimum atomic E-state index is -4.61. The van der Waals surface area contributed by atoms with Gasteiger partial charge in [-0.1, -0.05) is 29.3 Å². The Morgan fingerprint density at radius 1 is 1.15 bits per heavy atom. The Labute approximate surface area is 243 Å². The van der Waals surface area contributed by atoms with Crippen LogP contribution in [-0.2, 0) is 28.6 Å². The molecule has 216 valence electrons. The van der Waals surface area contributed by atoms with Gasteiger partial charge in [0.15, 0.2) is 0 Å². The van der Waals surface area contributed by atoms with Crippen LogP contribution in [-0.4, -0.2) is 63.0 Å². The second kappa shape index (κ2) is 10.7. The summed E-state index contributed by atoms with van der Waals surface area (Å²) < 4.78 is 43.3. The topological polar surface area (TPSA) is 102 Å². The van der Waals surface area contributed by atoms with Gasteiger partial charge in [-0.3, -0.25) is 19.4 Å². The number of nitrogens with one attached hydrogen (secondary N) is 1. The molecule has 2 atom stereocenters. The van der Waals surface area contributed by atoms with E-state index in [1.54, 1.807) is 33.0 Å². The third kappa shape index (κ3) is 5.55. The van der Waals surface area contributed by atoms with Crippen molar-refractivity contribution in [1.82, 2.24) is 25.4 Å². The zero-order valence-electron chi connectivity index (χ0n) is 22.2. The molecule has 0 aliphatic carbocycles. The average molecular weight is 609 g/mol. The minimum Gasteiger partial charge on any atom is -0.338 e. The maximum atomic E-state index is 14.4. The van der Waals surface area contributed by atoms with E-state index < -0.39 is 42.4 Å². The molecule has 1 aromatic heterocycles. The summed E-state index contributed by atoms with van der Waals surface area (Å²) in [6.07, 6.45) is -5.02. The van der Waals surface area contributed by atoms with E-state index in [0.29, 0.717) is 22.5 Å². The normalized spacial score (nSPS) is 21.0. The lowest BCUT2D eigenvalue weighted by atomic mass is 9.76. The average Bonchev–Trinajstić information content (AvgIpc) is 3.57. The van der Waals surface area contributed by atoms with Crippen molar-refractivity contribution in [3.05, 3.63) is 80.1 Å². The number of halogens is 5. The molecule has 1 fully saturated rings. The number of rotatable bonds is 6. The Morgan fingerprint density at radius 3 is 2.46 bits per heavy atom. The van der Waals surface area contributed by atoms with Gasteiger partial charge in [0.25, 0.3) is 11.8 Å². The molecule has 0 spiro atoms. The number of alkyl halides is 3. The first-order chi connectivity index (χ1) is 19.3. The van der Waals surface area contributed by atoms with Gasteiger partial charge in [0, 0.05) is 34.8 Å². The SMILES string of the molecule is Cc1cc(C2=NCC(c3cc(Cl)cc(Cl)c3)(C(F)(F)F)C2)ccc1C(=O)N[C@@H]1CON(Cc2nn(C)nc2C)C1=O. The van der Waals surface area contributed by atoms with Gasteiger partial charge < -0.3 is 5.32 Å². The Balaban J connectivity index is 1.29. The molecular weight excluding hydrogens is 584 g/mol. The van der Waals surface area contributed by atoms with Crippen molar-refractivity contribution in [2.75, 3.05) is 13.2 Å². The highest BCUT2D eigenvalue weighted by Crippen LogP contribution is 2.48. The molecule has 1 unspecified atom stereocenters. The number of nitrogens with zero attached hydrogens (tertiary/aromatic N) is 5. The lowest BCUT2D eigenvalue weighted by Crippen LogP contribution is -2.43. The first-order valence-electron chi connectivity index (χ1n) is 12.6. The maximum absolute atomic E-state index is 14.4. The van der Waals surface area contributed by atoms with Crippen molar-refractivity contribution in [1.29, 1.82) is 0 Å². The summed E-state index contributed by atoms with van der Waals surface area (Å²) in [5, 5.41) is 12.4. The van der Waals surface area contributed by atoms with Crippen molar-refractivity contribution < 1.29 is 27.6 Å². The quantitative estimate of drug-likeness (QED) is 0.444. The molecule has 14 heteroatoms. The van der Waals surface area contributed by atoms with Gasteiger partial charge in [-0.2, -0.15) is 28.2 Å². The minimum absolute atomic E-state index is 0.0507. The lowest BCUT2D eigenvalue weighted by molar-refractivity contribution is -0.183. The molecule has 0 saturated carbocycles. The van der Waals surface area contributed by atoms with E-state index in [4.69, 9.17) is 28.0 Å². The molecule has 1 saturated heterocycles. The maximum Gasteiger partial charge on any atom is 0.400 e. The number of benzene rings is 2. The smallest absolute Gasteiger partial charge is 0.338 e. The van der Waals surface area contributed by atoms with Gasteiger partial charge in [0.05, 0.1) is 18.8 Å². The van der Waals surface area contributed by atoms with Gasteiger partial charge in [-0.15, -0.1) is 0 Å². The van der Waals surface area contributed by atoms with E-state index in [1.807, 2.05) is 0 Å². The van der Waals surface area contributed by atoms with Crippen molar-refractivity contribution in [3.63, 3.8) is 0 Å². The molecule has 2 amide bonds. The van der Waals surface area contributed by atoms with Crippen LogP contribution in [0.25, 0.3) is 0 Å². The molecule has 1 N–H and O–H groups in total. The van der Waals surface area contributed by atoms with E-state index >= 15 is 0 Å². The van der Waals surface area contributed by atoms with E-state index in [1.165, 1.54) is 29.1 Å². The highest BCUT2D eigenvalue weighted by Gasteiger charge is 2.58. The second-order valence-corrected chi connectivity index (χ2v) is 11.0. The predicted octanol–water partition coefficient (Wildman–Crippen LogP) is 4.50. The fourth-order valence-corrected chi connectivity index (χ4v) is 5.58. The van der Waals surface area contributed by atoms with E-state index in [-0.39, 0.29) is 40.0 Å². The number of hydroxylamine groups is 2. The summed E-state index contributed by atoms with van der Waals surface area (Å²) in [6.45, 7) is 2.95. The summed E-state index contributed by atoms with van der Waals surface area (Å²) in [6, 6.07) is 7.67. The zero-order valence-corrected chi connectivity index (χ0v) is 23.7. The number of aromatic nitrogens is 3. The Bertz CT molecular complexity index is 1550. The standard InChI is InChI=1S/C27H25Cl2F3N6O3/c1-14-6-16(21-10-26(13-33-21,27(30,31)32)17-7-18(28)9-19(29)8-17)4-5-20(14)24(39)34-23-12-41-38(25(23)40)11-22-15(2)35-37(3)36-22/h4-9,23H,10-13H2,1-3H3,(H,34,39)/t23-,26?/m1/s1. The van der Waals surface area contributed by atoms with Crippen LogP contribution in [0.2, 0.25) is 10.0 Å². The van der Waals surface area contributed by atoms with Crippen LogP contribution in [0.5, 0.6) is 0 Å². The highest BCUT2D eigenvalue weighted by molar-refractivity contribution is 6.34. The van der Waals surface area contributed by atoms with E-state index in [2.05, 4.69) is 20.5 Å². The molecule has 5 rings (SSSR count). The van der Waals surface area contributed by atoms with Gasteiger partial charge in [-0.05, 0) is 60.9 Å². The third-order valence-corrected chi connectivity index (χ3v) is 7.72. The van der Waals surface area contributed by atoms with Crippen LogP contribution in [0, 0.1) is 13.8 Å². The third-order valence-electron chi connectivity index (χ3n) is 7.29. The molecule has 2 aliphatic rings. The number of carbonyl (C=O) groups excluding carboxylic acids is 2. The molecule has 0 bridgehead atoms. The summed E-state index contributed by atoms with van der Waals surface area (Å²) >= 11 is 12.0. The number of amides is 2. The van der Waals surface area contributed by atoms with Crippen molar-refractivity contribution in [2.24, 2.45) is 12.0 Å². The number of carbonyl (C=O) groups is 2.